The van der Waals surface area contributed by atoms with Gasteiger partial charge in [0.05, 0.1) is 0 Å². The Morgan fingerprint density at radius 2 is 2.00 bits per heavy atom. The summed E-state index contributed by atoms with van der Waals surface area (Å²) in [7, 11) is 0. The van der Waals surface area contributed by atoms with E-state index in [4.69, 9.17) is 5.11 Å². The van der Waals surface area contributed by atoms with Gasteiger partial charge in [0.25, 0.3) is 0 Å². The number of allylic oxidation sites excluding steroid dienone is 2. The van der Waals surface area contributed by atoms with Crippen LogP contribution in [0.3, 0.4) is 0 Å². The number of rotatable bonds is 4. The highest BCUT2D eigenvalue weighted by Crippen LogP contribution is 2.07. The van der Waals surface area contributed by atoms with Crippen LogP contribution in [0.1, 0.15) is 18.9 Å². The summed E-state index contributed by atoms with van der Waals surface area (Å²) >= 11 is 0. The second-order valence-corrected chi connectivity index (χ2v) is 3.16. The van der Waals surface area contributed by atoms with Gasteiger partial charge in [-0.1, -0.05) is 49.4 Å². The molecule has 15 heavy (non-hydrogen) atoms. The second-order valence-electron chi connectivity index (χ2n) is 3.16. The van der Waals surface area contributed by atoms with E-state index in [0.29, 0.717) is 0 Å². The quantitative estimate of drug-likeness (QED) is 0.601. The van der Waals surface area contributed by atoms with Gasteiger partial charge < -0.3 is 5.11 Å². The lowest BCUT2D eigenvalue weighted by molar-refractivity contribution is -0.131. The molecule has 0 bridgehead atoms. The topological polar surface area (TPSA) is 37.3 Å². The molecule has 0 aliphatic heterocycles. The summed E-state index contributed by atoms with van der Waals surface area (Å²) in [6, 6.07) is 9.80. The maximum Gasteiger partial charge on any atom is 0.328 e. The van der Waals surface area contributed by atoms with Gasteiger partial charge in [-0.15, -0.1) is 0 Å². The Morgan fingerprint density at radius 1 is 1.33 bits per heavy atom. The molecular formula is C13H14O2. The van der Waals surface area contributed by atoms with E-state index >= 15 is 0 Å². The predicted molar refractivity (Wildman–Crippen MR) is 61.5 cm³/mol. The van der Waals surface area contributed by atoms with Gasteiger partial charge >= 0.3 is 5.97 Å². The number of aliphatic carboxylic acids is 1. The van der Waals surface area contributed by atoms with Crippen molar-refractivity contribution in [1.82, 2.24) is 0 Å². The summed E-state index contributed by atoms with van der Waals surface area (Å²) in [5, 5.41) is 8.60. The lowest BCUT2D eigenvalue weighted by atomic mass is 10.1. The first-order valence-corrected chi connectivity index (χ1v) is 4.89. The molecular weight excluding hydrogens is 188 g/mol. The highest BCUT2D eigenvalue weighted by atomic mass is 16.4. The van der Waals surface area contributed by atoms with Gasteiger partial charge in [0.15, 0.2) is 0 Å². The van der Waals surface area contributed by atoms with E-state index in [1.165, 1.54) is 6.08 Å². The third-order valence-corrected chi connectivity index (χ3v) is 2.01. The molecule has 0 radical (unpaired) electrons. The van der Waals surface area contributed by atoms with E-state index in [0.717, 1.165) is 17.6 Å². The van der Waals surface area contributed by atoms with E-state index in [1.54, 1.807) is 0 Å². The van der Waals surface area contributed by atoms with Gasteiger partial charge in [0.1, 0.15) is 0 Å². The van der Waals surface area contributed by atoms with Crippen LogP contribution in [0.5, 0.6) is 0 Å². The Kier molecular flexibility index (Phi) is 4.35. The largest absolute Gasteiger partial charge is 0.478 e. The lowest BCUT2D eigenvalue weighted by Gasteiger charge is -1.95. The van der Waals surface area contributed by atoms with Crippen LogP contribution in [0.25, 0.3) is 6.08 Å². The van der Waals surface area contributed by atoms with Crippen molar-refractivity contribution < 1.29 is 9.90 Å². The monoisotopic (exact) mass is 202 g/mol. The SMILES string of the molecule is CCC(/C=C/c1ccccc1)=C\C(=O)O. The highest BCUT2D eigenvalue weighted by Gasteiger charge is 1.93. The van der Waals surface area contributed by atoms with Crippen molar-refractivity contribution >= 4 is 12.0 Å². The predicted octanol–water partition coefficient (Wildman–Crippen LogP) is 3.12. The number of hydrogen-bond donors (Lipinski definition) is 1. The van der Waals surface area contributed by atoms with Gasteiger partial charge in [-0.05, 0) is 17.6 Å². The molecule has 0 saturated carbocycles. The maximum atomic E-state index is 10.5. The highest BCUT2D eigenvalue weighted by molar-refractivity contribution is 5.81. The molecule has 0 aromatic heterocycles. The van der Waals surface area contributed by atoms with Gasteiger partial charge in [0, 0.05) is 6.08 Å². The summed E-state index contributed by atoms with van der Waals surface area (Å²) in [6.07, 6.45) is 5.71. The number of carboxylic acids is 1. The molecule has 0 amide bonds. The van der Waals surface area contributed by atoms with E-state index in [9.17, 15) is 4.79 Å². The van der Waals surface area contributed by atoms with Crippen LogP contribution in [0.2, 0.25) is 0 Å². The lowest BCUT2D eigenvalue weighted by Crippen LogP contribution is -1.89. The van der Waals surface area contributed by atoms with Crippen LogP contribution in [0, 0.1) is 0 Å². The number of hydrogen-bond acceptors (Lipinski definition) is 1. The fourth-order valence-electron chi connectivity index (χ4n) is 1.19. The third-order valence-electron chi connectivity index (χ3n) is 2.01. The average Bonchev–Trinajstić information content (AvgIpc) is 2.25. The van der Waals surface area contributed by atoms with Crippen molar-refractivity contribution in [1.29, 1.82) is 0 Å². The Hall–Kier alpha value is -1.83. The Bertz CT molecular complexity index is 375. The van der Waals surface area contributed by atoms with Crippen LogP contribution in [0.15, 0.2) is 48.1 Å². The van der Waals surface area contributed by atoms with Crippen LogP contribution >= 0.6 is 0 Å². The van der Waals surface area contributed by atoms with Crippen molar-refractivity contribution in [3.05, 3.63) is 53.6 Å². The maximum absolute atomic E-state index is 10.5. The molecule has 0 spiro atoms. The first kappa shape index (κ1) is 11.2. The third kappa shape index (κ3) is 4.27. The summed E-state index contributed by atoms with van der Waals surface area (Å²) in [5.41, 5.74) is 1.88. The summed E-state index contributed by atoms with van der Waals surface area (Å²) in [4.78, 5) is 10.5. The van der Waals surface area contributed by atoms with Crippen LogP contribution in [-0.4, -0.2) is 11.1 Å². The first-order chi connectivity index (χ1) is 7.22. The minimum absolute atomic E-state index is 0.718. The summed E-state index contributed by atoms with van der Waals surface area (Å²) in [5.74, 6) is -0.899. The number of benzene rings is 1. The summed E-state index contributed by atoms with van der Waals surface area (Å²) in [6.45, 7) is 1.93. The molecule has 0 aliphatic rings. The van der Waals surface area contributed by atoms with Gasteiger partial charge in [-0.25, -0.2) is 4.79 Å². The molecule has 0 fully saturated rings. The van der Waals surface area contributed by atoms with Crippen LogP contribution < -0.4 is 0 Å². The van der Waals surface area contributed by atoms with Crippen LogP contribution in [-0.2, 0) is 4.79 Å². The first-order valence-electron chi connectivity index (χ1n) is 4.89. The minimum atomic E-state index is -0.899. The molecule has 1 N–H and O–H groups in total. The molecule has 0 atom stereocenters. The Morgan fingerprint density at radius 3 is 2.53 bits per heavy atom. The molecule has 2 heteroatoms. The van der Waals surface area contributed by atoms with Gasteiger partial charge in [-0.2, -0.15) is 0 Å². The molecule has 0 heterocycles. The number of carbonyl (C=O) groups is 1. The van der Waals surface area contributed by atoms with Gasteiger partial charge in [-0.3, -0.25) is 0 Å². The minimum Gasteiger partial charge on any atom is -0.478 e. The molecule has 2 nitrogen and oxygen atoms in total. The average molecular weight is 202 g/mol. The molecule has 1 aromatic carbocycles. The van der Waals surface area contributed by atoms with Crippen LogP contribution in [0.4, 0.5) is 0 Å². The standard InChI is InChI=1S/C13H14O2/c1-2-11(10-13(14)15)8-9-12-6-4-3-5-7-12/h3-10H,2H2,1H3,(H,14,15)/b9-8+,11-10+. The Labute approximate surface area is 89.6 Å². The van der Waals surface area contributed by atoms with Crippen molar-refractivity contribution in [3.63, 3.8) is 0 Å². The van der Waals surface area contributed by atoms with E-state index in [2.05, 4.69) is 0 Å². The van der Waals surface area contributed by atoms with Gasteiger partial charge in [0.2, 0.25) is 0 Å². The van der Waals surface area contributed by atoms with Crippen molar-refractivity contribution in [2.75, 3.05) is 0 Å². The second kappa shape index (κ2) is 5.81. The zero-order valence-electron chi connectivity index (χ0n) is 8.68. The fraction of sp³-hybridized carbons (Fsp3) is 0.154. The smallest absolute Gasteiger partial charge is 0.328 e. The zero-order chi connectivity index (χ0) is 11.1. The normalized spacial score (nSPS) is 11.9. The molecule has 0 saturated heterocycles. The molecule has 1 aromatic rings. The molecule has 1 rings (SSSR count). The molecule has 0 aliphatic carbocycles. The fourth-order valence-corrected chi connectivity index (χ4v) is 1.19. The Balaban J connectivity index is 2.76. The van der Waals surface area contributed by atoms with Crippen molar-refractivity contribution in [2.45, 2.75) is 13.3 Å². The summed E-state index contributed by atoms with van der Waals surface area (Å²) < 4.78 is 0. The molecule has 0 unspecified atom stereocenters. The zero-order valence-corrected chi connectivity index (χ0v) is 8.68. The van der Waals surface area contributed by atoms with E-state index < -0.39 is 5.97 Å². The van der Waals surface area contributed by atoms with Crippen molar-refractivity contribution in [3.8, 4) is 0 Å². The molecule has 78 valence electrons. The number of carboxylic acid groups (broad SMARTS) is 1. The van der Waals surface area contributed by atoms with Crippen molar-refractivity contribution in [2.24, 2.45) is 0 Å². The van der Waals surface area contributed by atoms with E-state index in [1.807, 2.05) is 49.4 Å². The van der Waals surface area contributed by atoms with E-state index in [-0.39, 0.29) is 0 Å².